The Balaban J connectivity index is 1.22. The zero-order valence-corrected chi connectivity index (χ0v) is 17.1. The Bertz CT molecular complexity index is 1170. The minimum absolute atomic E-state index is 0.503. The number of pyridine rings is 1. The lowest BCUT2D eigenvalue weighted by Gasteiger charge is -2.18. The van der Waals surface area contributed by atoms with Crippen LogP contribution in [0.3, 0.4) is 0 Å². The maximum atomic E-state index is 5.71. The Morgan fingerprint density at radius 2 is 2.00 bits per heavy atom. The molecule has 9 heteroatoms. The van der Waals surface area contributed by atoms with Crippen LogP contribution in [0.1, 0.15) is 11.5 Å². The Morgan fingerprint density at radius 1 is 1.10 bits per heavy atom. The number of hydrogen-bond donors (Lipinski definition) is 1. The van der Waals surface area contributed by atoms with E-state index in [1.165, 1.54) is 0 Å². The average Bonchev–Trinajstić information content (AvgIpc) is 3.43. The molecule has 0 unspecified atom stereocenters. The van der Waals surface area contributed by atoms with Gasteiger partial charge in [0.1, 0.15) is 18.9 Å². The summed E-state index contributed by atoms with van der Waals surface area (Å²) in [5.41, 5.74) is 3.71. The Labute approximate surface area is 179 Å². The molecule has 1 aromatic carbocycles. The van der Waals surface area contributed by atoms with E-state index >= 15 is 0 Å². The van der Waals surface area contributed by atoms with E-state index < -0.39 is 0 Å². The topological polar surface area (TPSA) is 100 Å². The highest BCUT2D eigenvalue weighted by molar-refractivity contribution is 5.66. The van der Waals surface area contributed by atoms with E-state index in [1.807, 2.05) is 54.3 Å². The van der Waals surface area contributed by atoms with Gasteiger partial charge >= 0.3 is 0 Å². The van der Waals surface area contributed by atoms with Crippen molar-refractivity contribution in [2.45, 2.75) is 13.0 Å². The van der Waals surface area contributed by atoms with Gasteiger partial charge in [-0.2, -0.15) is 10.1 Å². The molecule has 0 spiro atoms. The molecule has 0 saturated carbocycles. The van der Waals surface area contributed by atoms with Crippen LogP contribution in [-0.4, -0.2) is 44.7 Å². The first-order chi connectivity index (χ1) is 15.3. The van der Waals surface area contributed by atoms with Gasteiger partial charge in [0.25, 0.3) is 0 Å². The Kier molecular flexibility index (Phi) is 5.32. The van der Waals surface area contributed by atoms with Crippen molar-refractivity contribution in [1.29, 1.82) is 0 Å². The van der Waals surface area contributed by atoms with Crippen LogP contribution < -0.4 is 14.8 Å². The number of aromatic nitrogens is 5. The molecule has 5 rings (SSSR count). The summed E-state index contributed by atoms with van der Waals surface area (Å²) in [6.45, 7) is 2.50. The van der Waals surface area contributed by atoms with Crippen LogP contribution in [-0.2, 0) is 20.0 Å². The molecule has 9 nitrogen and oxygen atoms in total. The molecule has 1 aliphatic rings. The summed E-state index contributed by atoms with van der Waals surface area (Å²) in [4.78, 5) is 8.65. The second kappa shape index (κ2) is 8.57. The molecule has 0 amide bonds. The number of hydrogen-bond acceptors (Lipinski definition) is 8. The molecule has 0 aliphatic carbocycles. The molecule has 158 valence electrons. The van der Waals surface area contributed by atoms with E-state index in [4.69, 9.17) is 14.0 Å². The summed E-state index contributed by atoms with van der Waals surface area (Å²) in [5.74, 6) is 2.61. The third-order valence-corrected chi connectivity index (χ3v) is 4.91. The van der Waals surface area contributed by atoms with E-state index in [1.54, 1.807) is 6.20 Å². The lowest BCUT2D eigenvalue weighted by atomic mass is 10.1. The molecule has 4 heterocycles. The van der Waals surface area contributed by atoms with Crippen molar-refractivity contribution >= 4 is 0 Å². The quantitative estimate of drug-likeness (QED) is 0.457. The number of nitrogens with one attached hydrogen (secondary N) is 1. The molecule has 0 saturated heterocycles. The first-order valence-corrected chi connectivity index (χ1v) is 10.1. The van der Waals surface area contributed by atoms with Gasteiger partial charge in [-0.1, -0.05) is 11.2 Å². The van der Waals surface area contributed by atoms with Crippen LogP contribution in [0, 0.1) is 0 Å². The van der Waals surface area contributed by atoms with Gasteiger partial charge in [-0.05, 0) is 30.3 Å². The van der Waals surface area contributed by atoms with E-state index in [2.05, 4.69) is 25.5 Å². The lowest BCUT2D eigenvalue weighted by Crippen LogP contribution is -2.17. The van der Waals surface area contributed by atoms with Crippen molar-refractivity contribution in [3.8, 4) is 34.3 Å². The number of rotatable bonds is 7. The minimum atomic E-state index is 0.503. The number of fused-ring (bicyclic) bond motifs is 1. The second-order valence-corrected chi connectivity index (χ2v) is 7.19. The van der Waals surface area contributed by atoms with Crippen molar-refractivity contribution in [1.82, 2.24) is 30.2 Å². The fraction of sp³-hybridized carbons (Fsp3) is 0.273. The van der Waals surface area contributed by atoms with Crippen molar-refractivity contribution < 1.29 is 14.0 Å². The first kappa shape index (κ1) is 19.3. The predicted octanol–water partition coefficient (Wildman–Crippen LogP) is 2.64. The molecule has 31 heavy (non-hydrogen) atoms. The molecule has 1 aliphatic heterocycles. The monoisotopic (exact) mass is 418 g/mol. The van der Waals surface area contributed by atoms with Crippen molar-refractivity contribution in [2.24, 2.45) is 7.05 Å². The van der Waals surface area contributed by atoms with Gasteiger partial charge < -0.3 is 19.3 Å². The van der Waals surface area contributed by atoms with Gasteiger partial charge in [-0.25, -0.2) is 0 Å². The molecule has 0 atom stereocenters. The predicted molar refractivity (Wildman–Crippen MR) is 113 cm³/mol. The molecule has 0 bridgehead atoms. The maximum absolute atomic E-state index is 5.71. The highest BCUT2D eigenvalue weighted by Gasteiger charge is 2.16. The SMILES string of the molecule is Cn1cc(CNCCc2nc(-c3ccccn3)no2)c(-c2ccc3c(c2)OCCO3)n1. The third-order valence-electron chi connectivity index (χ3n) is 4.91. The summed E-state index contributed by atoms with van der Waals surface area (Å²) in [5, 5.41) is 12.1. The second-order valence-electron chi connectivity index (χ2n) is 7.19. The van der Waals surface area contributed by atoms with Crippen LogP contribution in [0.2, 0.25) is 0 Å². The minimum Gasteiger partial charge on any atom is -0.486 e. The van der Waals surface area contributed by atoms with E-state index in [0.29, 0.717) is 50.1 Å². The van der Waals surface area contributed by atoms with Gasteiger partial charge in [0, 0.05) is 50.1 Å². The molecule has 1 N–H and O–H groups in total. The zero-order chi connectivity index (χ0) is 21.0. The van der Waals surface area contributed by atoms with E-state index in [0.717, 1.165) is 28.3 Å². The molecule has 0 fully saturated rings. The number of ether oxygens (including phenoxy) is 2. The van der Waals surface area contributed by atoms with Crippen molar-refractivity contribution in [3.05, 3.63) is 60.2 Å². The smallest absolute Gasteiger partial charge is 0.228 e. The van der Waals surface area contributed by atoms with Gasteiger partial charge in [-0.15, -0.1) is 0 Å². The van der Waals surface area contributed by atoms with Gasteiger partial charge in [0.2, 0.25) is 11.7 Å². The van der Waals surface area contributed by atoms with Crippen LogP contribution in [0.15, 0.2) is 53.3 Å². The first-order valence-electron chi connectivity index (χ1n) is 10.1. The third kappa shape index (κ3) is 4.26. The highest BCUT2D eigenvalue weighted by atomic mass is 16.6. The van der Waals surface area contributed by atoms with Crippen LogP contribution >= 0.6 is 0 Å². The van der Waals surface area contributed by atoms with Gasteiger partial charge in [-0.3, -0.25) is 9.67 Å². The number of aryl methyl sites for hydroxylation is 1. The van der Waals surface area contributed by atoms with E-state index in [9.17, 15) is 0 Å². The van der Waals surface area contributed by atoms with Crippen LogP contribution in [0.25, 0.3) is 22.8 Å². The highest BCUT2D eigenvalue weighted by Crippen LogP contribution is 2.35. The number of nitrogens with zero attached hydrogens (tertiary/aromatic N) is 5. The van der Waals surface area contributed by atoms with E-state index in [-0.39, 0.29) is 0 Å². The lowest BCUT2D eigenvalue weighted by molar-refractivity contribution is 0.171. The normalized spacial score (nSPS) is 12.8. The van der Waals surface area contributed by atoms with Crippen LogP contribution in [0.5, 0.6) is 11.5 Å². The largest absolute Gasteiger partial charge is 0.486 e. The fourth-order valence-electron chi connectivity index (χ4n) is 3.47. The summed E-state index contributed by atoms with van der Waals surface area (Å²) < 4.78 is 18.5. The molecular weight excluding hydrogens is 396 g/mol. The van der Waals surface area contributed by atoms with Gasteiger partial charge in [0.05, 0.1) is 5.69 Å². The molecule has 3 aromatic heterocycles. The van der Waals surface area contributed by atoms with Crippen LogP contribution in [0.4, 0.5) is 0 Å². The summed E-state index contributed by atoms with van der Waals surface area (Å²) in [6, 6.07) is 11.5. The van der Waals surface area contributed by atoms with Crippen molar-refractivity contribution in [3.63, 3.8) is 0 Å². The zero-order valence-electron chi connectivity index (χ0n) is 17.1. The molecule has 0 radical (unpaired) electrons. The summed E-state index contributed by atoms with van der Waals surface area (Å²) >= 11 is 0. The standard InChI is InChI=1S/C22H22N6O3/c1-28-14-16(21(26-28)15-5-6-18-19(12-15)30-11-10-29-18)13-23-9-7-20-25-22(27-31-20)17-4-2-3-8-24-17/h2-6,8,12,14,23H,7,9-11,13H2,1H3. The van der Waals surface area contributed by atoms with Gasteiger partial charge in [0.15, 0.2) is 11.5 Å². The molecular formula is C22H22N6O3. The fourth-order valence-corrected chi connectivity index (χ4v) is 3.47. The maximum Gasteiger partial charge on any atom is 0.228 e. The number of benzene rings is 1. The summed E-state index contributed by atoms with van der Waals surface area (Å²) in [7, 11) is 1.92. The summed E-state index contributed by atoms with van der Waals surface area (Å²) in [6.07, 6.45) is 4.35. The average molecular weight is 418 g/mol. The molecule has 4 aromatic rings. The Morgan fingerprint density at radius 3 is 2.87 bits per heavy atom. The Hall–Kier alpha value is -3.72. The van der Waals surface area contributed by atoms with Crippen molar-refractivity contribution in [2.75, 3.05) is 19.8 Å².